The van der Waals surface area contributed by atoms with E-state index in [1.54, 1.807) is 6.21 Å². The van der Waals surface area contributed by atoms with Crippen LogP contribution >= 0.6 is 0 Å². The van der Waals surface area contributed by atoms with Gasteiger partial charge in [-0.1, -0.05) is 18.2 Å². The van der Waals surface area contributed by atoms with E-state index in [0.717, 1.165) is 11.3 Å². The van der Waals surface area contributed by atoms with Crippen molar-refractivity contribution in [3.8, 4) is 5.75 Å². The smallest absolute Gasteiger partial charge is 0.248 e. The van der Waals surface area contributed by atoms with Crippen molar-refractivity contribution in [1.82, 2.24) is 5.32 Å². The molecule has 0 radical (unpaired) electrons. The number of carbonyl (C=O) groups excluding carboxylic acids is 1. The van der Waals surface area contributed by atoms with Crippen molar-refractivity contribution in [1.29, 1.82) is 0 Å². The molecule has 0 unspecified atom stereocenters. The highest BCUT2D eigenvalue weighted by Gasteiger charge is 2.17. The lowest BCUT2D eigenvalue weighted by molar-refractivity contribution is -0.116. The highest BCUT2D eigenvalue weighted by Crippen LogP contribution is 2.24. The summed E-state index contributed by atoms with van der Waals surface area (Å²) in [5.74, 6) is 0.669. The summed E-state index contributed by atoms with van der Waals surface area (Å²) in [5, 5.41) is 2.80. The summed E-state index contributed by atoms with van der Waals surface area (Å²) in [7, 11) is 0. The minimum atomic E-state index is -0.336. The third-order valence-electron chi connectivity index (χ3n) is 2.50. The molecule has 2 rings (SSSR count). The van der Waals surface area contributed by atoms with E-state index in [1.165, 1.54) is 6.08 Å². The van der Waals surface area contributed by atoms with Gasteiger partial charge >= 0.3 is 0 Å². The van der Waals surface area contributed by atoms with E-state index in [4.69, 9.17) is 10.5 Å². The quantitative estimate of drug-likeness (QED) is 0.838. The number of aliphatic imine (C=N–C) groups is 1. The van der Waals surface area contributed by atoms with Crippen molar-refractivity contribution < 1.29 is 9.53 Å². The van der Waals surface area contributed by atoms with Gasteiger partial charge in [0.25, 0.3) is 0 Å². The van der Waals surface area contributed by atoms with Crippen molar-refractivity contribution in [3.63, 3.8) is 0 Å². The number of carbonyl (C=O) groups is 1. The zero-order valence-corrected chi connectivity index (χ0v) is 10.1. The molecule has 0 bridgehead atoms. The number of nitrogens with one attached hydrogen (secondary N) is 1. The number of nitrogens with zero attached hydrogens (tertiary/aromatic N) is 1. The molecule has 5 nitrogen and oxygen atoms in total. The Morgan fingerprint density at radius 1 is 1.44 bits per heavy atom. The normalized spacial score (nSPS) is 18.8. The van der Waals surface area contributed by atoms with Crippen LogP contribution in [0, 0.1) is 0 Å². The van der Waals surface area contributed by atoms with Crippen molar-refractivity contribution >= 4 is 12.1 Å². The van der Waals surface area contributed by atoms with Crippen molar-refractivity contribution in [2.75, 3.05) is 6.61 Å². The molecule has 0 aliphatic carbocycles. The lowest BCUT2D eigenvalue weighted by Crippen LogP contribution is -2.27. The number of para-hydroxylation sites is 1. The van der Waals surface area contributed by atoms with Gasteiger partial charge in [0.05, 0.1) is 12.6 Å². The first-order valence-corrected chi connectivity index (χ1v) is 5.74. The van der Waals surface area contributed by atoms with Crippen LogP contribution in [0.15, 0.2) is 41.2 Å². The maximum atomic E-state index is 11.6. The standard InChI is InChI=1S/C13H15N3O2/c1-2-18-11-6-4-3-5-9(11)10-8-15-12(14)7-13(17)16-10/h3-8,10H,2,14H2,1H3,(H,16,17)/t10-/m1/s1. The summed E-state index contributed by atoms with van der Waals surface area (Å²) in [5.41, 5.74) is 6.39. The molecule has 1 heterocycles. The molecule has 0 saturated carbocycles. The molecule has 1 aliphatic heterocycles. The van der Waals surface area contributed by atoms with Crippen LogP contribution in [0.5, 0.6) is 5.75 Å². The van der Waals surface area contributed by atoms with Crippen LogP contribution in [0.4, 0.5) is 0 Å². The fourth-order valence-corrected chi connectivity index (χ4v) is 1.75. The summed E-state index contributed by atoms with van der Waals surface area (Å²) in [6.07, 6.45) is 2.87. The van der Waals surface area contributed by atoms with E-state index in [2.05, 4.69) is 10.3 Å². The summed E-state index contributed by atoms with van der Waals surface area (Å²) < 4.78 is 5.53. The highest BCUT2D eigenvalue weighted by atomic mass is 16.5. The molecule has 94 valence electrons. The minimum Gasteiger partial charge on any atom is -0.494 e. The average Bonchev–Trinajstić information content (AvgIpc) is 2.51. The van der Waals surface area contributed by atoms with Gasteiger partial charge in [0, 0.05) is 17.9 Å². The second-order valence-corrected chi connectivity index (χ2v) is 3.80. The van der Waals surface area contributed by atoms with Gasteiger partial charge in [0.2, 0.25) is 5.91 Å². The minimum absolute atomic E-state index is 0.198. The van der Waals surface area contributed by atoms with E-state index in [0.29, 0.717) is 6.61 Å². The van der Waals surface area contributed by atoms with E-state index in [-0.39, 0.29) is 17.8 Å². The van der Waals surface area contributed by atoms with Crippen LogP contribution in [0.1, 0.15) is 18.5 Å². The number of ether oxygens (including phenoxy) is 1. The summed E-state index contributed by atoms with van der Waals surface area (Å²) in [6.45, 7) is 2.48. The Labute approximate surface area is 105 Å². The number of hydrogen-bond acceptors (Lipinski definition) is 4. The number of rotatable bonds is 3. The van der Waals surface area contributed by atoms with Crippen molar-refractivity contribution in [2.45, 2.75) is 13.0 Å². The molecule has 1 aromatic rings. The Morgan fingerprint density at radius 3 is 3.00 bits per heavy atom. The predicted octanol–water partition coefficient (Wildman–Crippen LogP) is 1.13. The van der Waals surface area contributed by atoms with E-state index in [1.807, 2.05) is 31.2 Å². The SMILES string of the molecule is CCOc1ccccc1[C@H]1C=NC(N)=CC(=O)N1. The monoisotopic (exact) mass is 245 g/mol. The van der Waals surface area contributed by atoms with Crippen LogP contribution in [-0.2, 0) is 4.79 Å². The van der Waals surface area contributed by atoms with Gasteiger partial charge in [-0.25, -0.2) is 4.99 Å². The van der Waals surface area contributed by atoms with Crippen LogP contribution in [-0.4, -0.2) is 18.7 Å². The molecule has 3 N–H and O–H groups in total. The Hall–Kier alpha value is -2.30. The Balaban J connectivity index is 2.31. The van der Waals surface area contributed by atoms with Gasteiger partial charge in [-0.2, -0.15) is 0 Å². The van der Waals surface area contributed by atoms with Crippen LogP contribution in [0.25, 0.3) is 0 Å². The van der Waals surface area contributed by atoms with Gasteiger partial charge in [0.15, 0.2) is 0 Å². The van der Waals surface area contributed by atoms with Crippen LogP contribution in [0.2, 0.25) is 0 Å². The zero-order valence-electron chi connectivity index (χ0n) is 10.1. The van der Waals surface area contributed by atoms with Crippen molar-refractivity contribution in [2.24, 2.45) is 10.7 Å². The first-order chi connectivity index (χ1) is 8.70. The fourth-order valence-electron chi connectivity index (χ4n) is 1.75. The van der Waals surface area contributed by atoms with E-state index < -0.39 is 0 Å². The molecule has 1 aliphatic rings. The number of hydrogen-bond donors (Lipinski definition) is 2. The third-order valence-corrected chi connectivity index (χ3v) is 2.50. The second-order valence-electron chi connectivity index (χ2n) is 3.80. The van der Waals surface area contributed by atoms with E-state index in [9.17, 15) is 4.79 Å². The first kappa shape index (κ1) is 12.2. The Bertz CT molecular complexity index is 509. The number of nitrogens with two attached hydrogens (primary N) is 1. The molecule has 18 heavy (non-hydrogen) atoms. The van der Waals surface area contributed by atoms with Gasteiger partial charge < -0.3 is 15.8 Å². The maximum absolute atomic E-state index is 11.6. The molecule has 1 amide bonds. The molecular formula is C13H15N3O2. The van der Waals surface area contributed by atoms with Crippen LogP contribution < -0.4 is 15.8 Å². The highest BCUT2D eigenvalue weighted by molar-refractivity contribution is 5.92. The molecule has 5 heteroatoms. The Morgan fingerprint density at radius 2 is 2.22 bits per heavy atom. The second kappa shape index (κ2) is 5.35. The van der Waals surface area contributed by atoms with Gasteiger partial charge in [-0.05, 0) is 13.0 Å². The third kappa shape index (κ3) is 2.68. The largest absolute Gasteiger partial charge is 0.494 e. The number of benzene rings is 1. The maximum Gasteiger partial charge on any atom is 0.248 e. The Kier molecular flexibility index (Phi) is 3.62. The van der Waals surface area contributed by atoms with E-state index >= 15 is 0 Å². The topological polar surface area (TPSA) is 76.7 Å². The van der Waals surface area contributed by atoms with Gasteiger partial charge in [-0.3, -0.25) is 4.79 Å². The average molecular weight is 245 g/mol. The lowest BCUT2D eigenvalue weighted by Gasteiger charge is -2.16. The summed E-state index contributed by atoms with van der Waals surface area (Å²) in [4.78, 5) is 15.6. The predicted molar refractivity (Wildman–Crippen MR) is 69.3 cm³/mol. The summed E-state index contributed by atoms with van der Waals surface area (Å²) in [6, 6.07) is 7.19. The van der Waals surface area contributed by atoms with Gasteiger partial charge in [0.1, 0.15) is 11.6 Å². The molecule has 0 spiro atoms. The fraction of sp³-hybridized carbons (Fsp3) is 0.231. The molecule has 0 aromatic heterocycles. The van der Waals surface area contributed by atoms with Crippen LogP contribution in [0.3, 0.4) is 0 Å². The molecule has 1 aromatic carbocycles. The van der Waals surface area contributed by atoms with Crippen molar-refractivity contribution in [3.05, 3.63) is 41.7 Å². The molecule has 0 saturated heterocycles. The molecule has 0 fully saturated rings. The molecule has 1 atom stereocenters. The number of amides is 1. The molecular weight excluding hydrogens is 230 g/mol. The zero-order chi connectivity index (χ0) is 13.0. The first-order valence-electron chi connectivity index (χ1n) is 5.74. The van der Waals surface area contributed by atoms with Gasteiger partial charge in [-0.15, -0.1) is 0 Å². The summed E-state index contributed by atoms with van der Waals surface area (Å²) >= 11 is 0. The lowest BCUT2D eigenvalue weighted by atomic mass is 10.1.